The van der Waals surface area contributed by atoms with E-state index in [-0.39, 0.29) is 0 Å². The Bertz CT molecular complexity index is 282. The van der Waals surface area contributed by atoms with E-state index in [2.05, 4.69) is 23.2 Å². The molecule has 0 aromatic carbocycles. The Morgan fingerprint density at radius 3 is 2.00 bits per heavy atom. The van der Waals surface area contributed by atoms with Crippen LogP contribution < -0.4 is 9.50 Å². The summed E-state index contributed by atoms with van der Waals surface area (Å²) in [4.78, 5) is 4.17. The third-order valence-electron chi connectivity index (χ3n) is 2.37. The maximum absolute atomic E-state index is 4.73. The summed E-state index contributed by atoms with van der Waals surface area (Å²) in [6, 6.07) is 3.67. The highest BCUT2D eigenvalue weighted by atomic mass is 32.1. The summed E-state index contributed by atoms with van der Waals surface area (Å²) in [5.41, 5.74) is 1.90. The second-order valence-corrected chi connectivity index (χ2v) is 4.17. The minimum atomic E-state index is 0.744. The van der Waals surface area contributed by atoms with Gasteiger partial charge in [-0.1, -0.05) is 6.42 Å². The van der Waals surface area contributed by atoms with Crippen LogP contribution in [-0.4, -0.2) is 18.1 Å². The second-order valence-electron chi connectivity index (χ2n) is 3.99. The van der Waals surface area contributed by atoms with Gasteiger partial charge in [-0.05, 0) is 39.8 Å². The Balaban J connectivity index is 0.000000181. The van der Waals surface area contributed by atoms with Gasteiger partial charge in [0.1, 0.15) is 5.75 Å². The molecule has 1 aliphatic rings. The van der Waals surface area contributed by atoms with Gasteiger partial charge < -0.3 is 9.50 Å². The van der Waals surface area contributed by atoms with E-state index in [0.29, 0.717) is 0 Å². The average molecular weight is 240 g/mol. The summed E-state index contributed by atoms with van der Waals surface area (Å²) >= 11 is 3.68. The highest BCUT2D eigenvalue weighted by Crippen LogP contribution is 2.13. The Morgan fingerprint density at radius 1 is 1.12 bits per heavy atom. The number of thiol groups is 1. The van der Waals surface area contributed by atoms with Crippen LogP contribution in [0.4, 0.5) is 0 Å². The lowest BCUT2D eigenvalue weighted by Crippen LogP contribution is -2.21. The van der Waals surface area contributed by atoms with Gasteiger partial charge >= 0.3 is 0 Å². The van der Waals surface area contributed by atoms with E-state index in [1.165, 1.54) is 32.4 Å². The Labute approximate surface area is 103 Å². The monoisotopic (exact) mass is 240 g/mol. The molecule has 1 fully saturated rings. The first-order valence-corrected chi connectivity index (χ1v) is 6.06. The molecule has 0 aliphatic carbocycles. The molecule has 0 bridgehead atoms. The van der Waals surface area contributed by atoms with Crippen molar-refractivity contribution in [1.82, 2.24) is 10.3 Å². The van der Waals surface area contributed by atoms with Crippen LogP contribution in [-0.2, 0) is 0 Å². The largest absolute Gasteiger partial charge is 0.429 e. The summed E-state index contributed by atoms with van der Waals surface area (Å²) < 4.78 is 4.73. The molecule has 4 heteroatoms. The van der Waals surface area contributed by atoms with Gasteiger partial charge in [-0.25, -0.2) is 0 Å². The highest BCUT2D eigenvalue weighted by molar-refractivity contribution is 7.75. The molecule has 1 aliphatic heterocycles. The summed E-state index contributed by atoms with van der Waals surface area (Å²) in [6.45, 7) is 6.34. The van der Waals surface area contributed by atoms with Gasteiger partial charge in [0.05, 0.1) is 0 Å². The fourth-order valence-electron chi connectivity index (χ4n) is 1.65. The molecule has 90 valence electrons. The van der Waals surface area contributed by atoms with Crippen LogP contribution in [0.15, 0.2) is 12.1 Å². The predicted octanol–water partition coefficient (Wildman–Crippen LogP) is 2.68. The summed E-state index contributed by atoms with van der Waals surface area (Å²) in [5.74, 6) is 0.744. The molecule has 1 aromatic heterocycles. The third kappa shape index (κ3) is 5.37. The maximum Gasteiger partial charge on any atom is 0.140 e. The van der Waals surface area contributed by atoms with E-state index >= 15 is 0 Å². The second kappa shape index (κ2) is 7.52. The highest BCUT2D eigenvalue weighted by Gasteiger charge is 1.94. The average Bonchev–Trinajstić information content (AvgIpc) is 2.31. The van der Waals surface area contributed by atoms with Crippen LogP contribution in [0.25, 0.3) is 0 Å². The molecule has 0 radical (unpaired) electrons. The normalized spacial score (nSPS) is 14.9. The molecule has 2 heterocycles. The van der Waals surface area contributed by atoms with E-state index in [4.69, 9.17) is 4.18 Å². The fourth-order valence-corrected chi connectivity index (χ4v) is 1.76. The number of nitrogens with one attached hydrogen (secondary N) is 1. The lowest BCUT2D eigenvalue weighted by molar-refractivity contribution is 0.520. The number of piperidine rings is 1. The molecule has 0 unspecified atom stereocenters. The number of nitrogens with zero attached hydrogens (tertiary/aromatic N) is 1. The summed E-state index contributed by atoms with van der Waals surface area (Å²) in [6.07, 6.45) is 4.22. The van der Waals surface area contributed by atoms with Crippen molar-refractivity contribution in [2.75, 3.05) is 13.1 Å². The van der Waals surface area contributed by atoms with Gasteiger partial charge in [-0.15, -0.1) is 0 Å². The molecule has 0 amide bonds. The minimum Gasteiger partial charge on any atom is -0.429 e. The lowest BCUT2D eigenvalue weighted by atomic mass is 10.2. The smallest absolute Gasteiger partial charge is 0.140 e. The van der Waals surface area contributed by atoms with Gasteiger partial charge in [0.25, 0.3) is 0 Å². The molecule has 0 saturated carbocycles. The Kier molecular flexibility index (Phi) is 6.26. The van der Waals surface area contributed by atoms with Crippen LogP contribution >= 0.6 is 12.9 Å². The molecule has 0 atom stereocenters. The van der Waals surface area contributed by atoms with Crippen molar-refractivity contribution in [1.29, 1.82) is 0 Å². The molecule has 0 spiro atoms. The van der Waals surface area contributed by atoms with E-state index in [1.54, 1.807) is 0 Å². The van der Waals surface area contributed by atoms with Crippen molar-refractivity contribution in [2.45, 2.75) is 33.1 Å². The fraction of sp³-hybridized carbons (Fsp3) is 0.583. The zero-order chi connectivity index (χ0) is 11.8. The van der Waals surface area contributed by atoms with Crippen LogP contribution in [0.1, 0.15) is 30.7 Å². The van der Waals surface area contributed by atoms with Gasteiger partial charge in [-0.3, -0.25) is 4.98 Å². The Morgan fingerprint density at radius 2 is 1.69 bits per heavy atom. The van der Waals surface area contributed by atoms with E-state index < -0.39 is 0 Å². The SMILES string of the molecule is C1CCNCC1.Cc1cc(OS)cc(C)n1. The number of hydrogen-bond acceptors (Lipinski definition) is 4. The van der Waals surface area contributed by atoms with Gasteiger partial charge in [0.2, 0.25) is 0 Å². The van der Waals surface area contributed by atoms with Gasteiger partial charge in [0, 0.05) is 36.4 Å². The molecular formula is C12H20N2OS. The first-order chi connectivity index (χ1) is 7.72. The first-order valence-electron chi connectivity index (χ1n) is 5.70. The van der Waals surface area contributed by atoms with Crippen molar-refractivity contribution in [3.8, 4) is 5.75 Å². The van der Waals surface area contributed by atoms with Crippen LogP contribution in [0.2, 0.25) is 0 Å². The molecule has 1 aromatic rings. The van der Waals surface area contributed by atoms with Crippen molar-refractivity contribution in [2.24, 2.45) is 0 Å². The van der Waals surface area contributed by atoms with Crippen LogP contribution in [0.3, 0.4) is 0 Å². The van der Waals surface area contributed by atoms with Crippen molar-refractivity contribution >= 4 is 12.9 Å². The predicted molar refractivity (Wildman–Crippen MR) is 70.0 cm³/mol. The zero-order valence-electron chi connectivity index (χ0n) is 9.99. The molecule has 16 heavy (non-hydrogen) atoms. The number of aromatic nitrogens is 1. The van der Waals surface area contributed by atoms with Crippen molar-refractivity contribution in [3.63, 3.8) is 0 Å². The molecule has 1 saturated heterocycles. The summed E-state index contributed by atoms with van der Waals surface area (Å²) in [5, 5.41) is 3.28. The van der Waals surface area contributed by atoms with E-state index in [9.17, 15) is 0 Å². The molecule has 1 N–H and O–H groups in total. The van der Waals surface area contributed by atoms with Crippen LogP contribution in [0.5, 0.6) is 5.75 Å². The third-order valence-corrected chi connectivity index (χ3v) is 2.58. The minimum absolute atomic E-state index is 0.744. The molecule has 2 rings (SSSR count). The number of rotatable bonds is 1. The van der Waals surface area contributed by atoms with E-state index in [1.807, 2.05) is 26.0 Å². The van der Waals surface area contributed by atoms with E-state index in [0.717, 1.165) is 17.1 Å². The van der Waals surface area contributed by atoms with Crippen molar-refractivity contribution in [3.05, 3.63) is 23.5 Å². The van der Waals surface area contributed by atoms with Gasteiger partial charge in [0.15, 0.2) is 0 Å². The molecule has 3 nitrogen and oxygen atoms in total. The summed E-state index contributed by atoms with van der Waals surface area (Å²) in [7, 11) is 0. The number of hydrogen-bond donors (Lipinski definition) is 2. The van der Waals surface area contributed by atoms with Gasteiger partial charge in [-0.2, -0.15) is 0 Å². The number of aryl methyl sites for hydroxylation is 2. The molecular weight excluding hydrogens is 220 g/mol. The number of pyridine rings is 1. The Hall–Kier alpha value is -0.740. The lowest BCUT2D eigenvalue weighted by Gasteiger charge is -2.08. The van der Waals surface area contributed by atoms with Crippen LogP contribution in [0, 0.1) is 13.8 Å². The standard InChI is InChI=1S/C7H9NOS.C5H11N/c1-5-3-7(9-10)4-6(2)8-5;1-2-4-6-5-3-1/h3-4,10H,1-2H3;6H,1-5H2. The maximum atomic E-state index is 4.73. The van der Waals surface area contributed by atoms with Crippen molar-refractivity contribution < 1.29 is 4.18 Å². The zero-order valence-corrected chi connectivity index (χ0v) is 10.9. The topological polar surface area (TPSA) is 34.1 Å². The quantitative estimate of drug-likeness (QED) is 0.585. The first kappa shape index (κ1) is 13.3.